The molecule has 0 saturated carbocycles. The molecule has 0 spiro atoms. The van der Waals surface area contributed by atoms with Crippen LogP contribution in [0.25, 0.3) is 16.6 Å². The smallest absolute Gasteiger partial charge is 0.358 e. The van der Waals surface area contributed by atoms with Crippen LogP contribution >= 0.6 is 0 Å². The van der Waals surface area contributed by atoms with E-state index in [2.05, 4.69) is 49.0 Å². The minimum Gasteiger partial charge on any atom is -0.485 e. The molecule has 0 atom stereocenters. The summed E-state index contributed by atoms with van der Waals surface area (Å²) >= 11 is 0. The van der Waals surface area contributed by atoms with E-state index in [9.17, 15) is 4.79 Å². The first-order valence-corrected chi connectivity index (χ1v) is 12.8. The van der Waals surface area contributed by atoms with Gasteiger partial charge in [0, 0.05) is 50.0 Å². The van der Waals surface area contributed by atoms with Gasteiger partial charge >= 0.3 is 5.97 Å². The number of para-hydroxylation sites is 1. The normalized spacial score (nSPS) is 15.2. The number of hydrogen-bond acceptors (Lipinski definition) is 8. The number of carbonyl (C=O) groups is 1. The summed E-state index contributed by atoms with van der Waals surface area (Å²) in [6.45, 7) is 9.20. The molecule has 0 bridgehead atoms. The zero-order chi connectivity index (χ0) is 25.4. The number of rotatable bonds is 6. The Labute approximate surface area is 215 Å². The van der Waals surface area contributed by atoms with Crippen LogP contribution in [0, 0.1) is 6.92 Å². The van der Waals surface area contributed by atoms with Crippen molar-refractivity contribution in [2.75, 3.05) is 44.2 Å². The number of anilines is 1. The second kappa shape index (κ2) is 9.82. The molecule has 4 aromatic rings. The van der Waals surface area contributed by atoms with Crippen LogP contribution in [0.4, 0.5) is 5.69 Å². The molecule has 0 N–H and O–H groups in total. The Balaban J connectivity index is 1.12. The molecule has 2 aliphatic rings. The maximum atomic E-state index is 12.3. The van der Waals surface area contributed by atoms with Crippen LogP contribution in [-0.2, 0) is 17.8 Å². The van der Waals surface area contributed by atoms with Gasteiger partial charge in [-0.25, -0.2) is 19.7 Å². The van der Waals surface area contributed by atoms with Crippen LogP contribution < -0.4 is 9.64 Å². The molecule has 0 unspecified atom stereocenters. The number of hydrogen-bond donors (Lipinski definition) is 0. The molecular weight excluding hydrogens is 468 g/mol. The van der Waals surface area contributed by atoms with E-state index in [1.807, 2.05) is 29.8 Å². The Hall–Kier alpha value is -3.98. The molecule has 6 rings (SSSR count). The topological polar surface area (TPSA) is 85.6 Å². The quantitative estimate of drug-likeness (QED) is 0.373. The minimum absolute atomic E-state index is 0.297. The Kier molecular flexibility index (Phi) is 6.21. The van der Waals surface area contributed by atoms with Crippen LogP contribution in [0.15, 0.2) is 48.9 Å². The number of nitrogens with zero attached hydrogens (tertiary/aromatic N) is 6. The van der Waals surface area contributed by atoms with Gasteiger partial charge in [-0.05, 0) is 44.0 Å². The van der Waals surface area contributed by atoms with Crippen molar-refractivity contribution < 1.29 is 14.3 Å². The van der Waals surface area contributed by atoms with Gasteiger partial charge in [-0.2, -0.15) is 0 Å². The maximum absolute atomic E-state index is 12.3. The maximum Gasteiger partial charge on any atom is 0.358 e. The van der Waals surface area contributed by atoms with E-state index in [-0.39, 0.29) is 0 Å². The second-order valence-electron chi connectivity index (χ2n) is 9.39. The molecule has 2 aromatic heterocycles. The van der Waals surface area contributed by atoms with Crippen molar-refractivity contribution in [1.29, 1.82) is 0 Å². The van der Waals surface area contributed by atoms with Crippen molar-refractivity contribution in [3.63, 3.8) is 0 Å². The monoisotopic (exact) mass is 498 g/mol. The molecule has 2 aliphatic heterocycles. The van der Waals surface area contributed by atoms with Crippen LogP contribution in [-0.4, -0.2) is 69.7 Å². The highest BCUT2D eigenvalue weighted by molar-refractivity contribution is 5.91. The van der Waals surface area contributed by atoms with Gasteiger partial charge in [0.1, 0.15) is 24.5 Å². The van der Waals surface area contributed by atoms with E-state index < -0.39 is 5.97 Å². The zero-order valence-corrected chi connectivity index (χ0v) is 21.2. The summed E-state index contributed by atoms with van der Waals surface area (Å²) in [5.41, 5.74) is 5.34. The Morgan fingerprint density at radius 2 is 1.86 bits per heavy atom. The number of aromatic nitrogens is 4. The standard InChI is InChI=1S/C28H30N6O3/c1-3-36-28(35)26-25-17-37-27-20(6-4-9-24(27)34(25)18-30-26)10-11-32-12-14-33(15-13-32)23-8-5-7-22-21(23)16-29-19(2)31-22/h4-9,16,18H,3,10-15,17H2,1-2H3. The summed E-state index contributed by atoms with van der Waals surface area (Å²) in [6, 6.07) is 12.5. The summed E-state index contributed by atoms with van der Waals surface area (Å²) in [5, 5.41) is 1.11. The van der Waals surface area contributed by atoms with Crippen molar-refractivity contribution >= 4 is 22.6 Å². The highest BCUT2D eigenvalue weighted by Gasteiger charge is 2.27. The van der Waals surface area contributed by atoms with Crippen LogP contribution in [0.3, 0.4) is 0 Å². The van der Waals surface area contributed by atoms with Gasteiger partial charge in [0.25, 0.3) is 0 Å². The number of aryl methyl sites for hydroxylation is 1. The number of carbonyl (C=O) groups excluding carboxylic acids is 1. The van der Waals surface area contributed by atoms with Crippen molar-refractivity contribution in [3.05, 3.63) is 71.7 Å². The molecule has 2 aromatic carbocycles. The molecule has 4 heterocycles. The molecule has 0 aliphatic carbocycles. The number of piperazine rings is 1. The fourth-order valence-corrected chi connectivity index (χ4v) is 5.25. The Morgan fingerprint density at radius 3 is 2.70 bits per heavy atom. The fraction of sp³-hybridized carbons (Fsp3) is 0.357. The van der Waals surface area contributed by atoms with E-state index in [4.69, 9.17) is 9.47 Å². The average molecular weight is 499 g/mol. The van der Waals surface area contributed by atoms with Crippen LogP contribution in [0.2, 0.25) is 0 Å². The molecule has 1 saturated heterocycles. The van der Waals surface area contributed by atoms with E-state index in [0.717, 1.165) is 73.0 Å². The van der Waals surface area contributed by atoms with Gasteiger partial charge in [-0.1, -0.05) is 18.2 Å². The summed E-state index contributed by atoms with van der Waals surface area (Å²) in [7, 11) is 0. The van der Waals surface area contributed by atoms with Gasteiger partial charge in [0.15, 0.2) is 5.69 Å². The molecule has 37 heavy (non-hydrogen) atoms. The highest BCUT2D eigenvalue weighted by Crippen LogP contribution is 2.35. The number of ether oxygens (including phenoxy) is 2. The first kappa shape index (κ1) is 23.4. The number of fused-ring (bicyclic) bond motifs is 4. The van der Waals surface area contributed by atoms with E-state index >= 15 is 0 Å². The number of imidazole rings is 1. The lowest BCUT2D eigenvalue weighted by atomic mass is 10.1. The van der Waals surface area contributed by atoms with E-state index in [0.29, 0.717) is 18.9 Å². The van der Waals surface area contributed by atoms with Gasteiger partial charge in [-0.15, -0.1) is 0 Å². The van der Waals surface area contributed by atoms with Crippen molar-refractivity contribution in [2.45, 2.75) is 26.9 Å². The number of esters is 1. The summed E-state index contributed by atoms with van der Waals surface area (Å²) in [6.07, 6.45) is 4.52. The summed E-state index contributed by atoms with van der Waals surface area (Å²) in [5.74, 6) is 1.25. The Bertz CT molecular complexity index is 1460. The largest absolute Gasteiger partial charge is 0.485 e. The van der Waals surface area contributed by atoms with E-state index in [1.165, 1.54) is 11.3 Å². The zero-order valence-electron chi connectivity index (χ0n) is 21.2. The Morgan fingerprint density at radius 1 is 1.05 bits per heavy atom. The van der Waals surface area contributed by atoms with Gasteiger partial charge in [-0.3, -0.25) is 9.47 Å². The lowest BCUT2D eigenvalue weighted by molar-refractivity contribution is 0.0516. The van der Waals surface area contributed by atoms with Gasteiger partial charge < -0.3 is 14.4 Å². The first-order chi connectivity index (χ1) is 18.1. The van der Waals surface area contributed by atoms with Crippen LogP contribution in [0.5, 0.6) is 5.75 Å². The molecule has 0 amide bonds. The lowest BCUT2D eigenvalue weighted by Crippen LogP contribution is -2.47. The van der Waals surface area contributed by atoms with E-state index in [1.54, 1.807) is 13.3 Å². The molecule has 190 valence electrons. The van der Waals surface area contributed by atoms with Gasteiger partial charge in [0.2, 0.25) is 0 Å². The third-order valence-corrected chi connectivity index (χ3v) is 7.16. The second-order valence-corrected chi connectivity index (χ2v) is 9.39. The van der Waals surface area contributed by atoms with Crippen LogP contribution in [0.1, 0.15) is 34.5 Å². The molecule has 9 heteroatoms. The molecule has 0 radical (unpaired) electrons. The molecule has 1 fully saturated rings. The van der Waals surface area contributed by atoms with Gasteiger partial charge in [0.05, 0.1) is 23.5 Å². The highest BCUT2D eigenvalue weighted by atomic mass is 16.5. The lowest BCUT2D eigenvalue weighted by Gasteiger charge is -2.36. The predicted octanol–water partition coefficient (Wildman–Crippen LogP) is 3.56. The summed E-state index contributed by atoms with van der Waals surface area (Å²) < 4.78 is 13.3. The minimum atomic E-state index is -0.412. The predicted molar refractivity (Wildman–Crippen MR) is 140 cm³/mol. The number of benzene rings is 2. The first-order valence-electron chi connectivity index (χ1n) is 12.8. The molecular formula is C28H30N6O3. The third-order valence-electron chi connectivity index (χ3n) is 7.16. The fourth-order valence-electron chi connectivity index (χ4n) is 5.25. The van der Waals surface area contributed by atoms with Crippen molar-refractivity contribution in [2.24, 2.45) is 0 Å². The third kappa shape index (κ3) is 4.40. The van der Waals surface area contributed by atoms with Crippen molar-refractivity contribution in [1.82, 2.24) is 24.4 Å². The summed E-state index contributed by atoms with van der Waals surface area (Å²) in [4.78, 5) is 30.5. The average Bonchev–Trinajstić information content (AvgIpc) is 3.37. The molecule has 9 nitrogen and oxygen atoms in total. The van der Waals surface area contributed by atoms with Crippen molar-refractivity contribution in [3.8, 4) is 11.4 Å². The SMILES string of the molecule is CCOC(=O)c1ncn2c1COc1c(CCN3CCN(c4cccc5nc(C)ncc45)CC3)cccc1-2.